The molecule has 0 aliphatic carbocycles. The van der Waals surface area contributed by atoms with Crippen molar-refractivity contribution in [3.05, 3.63) is 30.1 Å². The van der Waals surface area contributed by atoms with Crippen molar-refractivity contribution in [3.63, 3.8) is 0 Å². The minimum absolute atomic E-state index is 0.104. The van der Waals surface area contributed by atoms with Crippen LogP contribution in [-0.4, -0.2) is 55.2 Å². The highest BCUT2D eigenvalue weighted by Crippen LogP contribution is 2.20. The fourth-order valence-corrected chi connectivity index (χ4v) is 1.80. The summed E-state index contributed by atoms with van der Waals surface area (Å²) in [6.07, 6.45) is 0.104. The lowest BCUT2D eigenvalue weighted by molar-refractivity contribution is -0.120. The van der Waals surface area contributed by atoms with Crippen LogP contribution in [0, 0.1) is 0 Å². The maximum atomic E-state index is 11.8. The number of ether oxygens (including phenoxy) is 1. The maximum absolute atomic E-state index is 11.8. The van der Waals surface area contributed by atoms with Gasteiger partial charge in [-0.2, -0.15) is 4.98 Å². The number of likely N-dealkylation sites (N-methyl/N-ethyl adjacent to an activating group) is 1. The molecule has 1 aromatic carbocycles. The summed E-state index contributed by atoms with van der Waals surface area (Å²) in [7, 11) is 5.51. The molecule has 118 valence electrons. The van der Waals surface area contributed by atoms with Gasteiger partial charge in [0.25, 0.3) is 5.89 Å². The first-order valence-corrected chi connectivity index (χ1v) is 6.97. The summed E-state index contributed by atoms with van der Waals surface area (Å²) in [6, 6.07) is 7.28. The molecule has 0 aliphatic heterocycles. The summed E-state index contributed by atoms with van der Waals surface area (Å²) in [5.74, 6) is 1.39. The van der Waals surface area contributed by atoms with Crippen LogP contribution in [0.5, 0.6) is 5.75 Å². The van der Waals surface area contributed by atoms with Crippen molar-refractivity contribution in [1.29, 1.82) is 0 Å². The largest absolute Gasteiger partial charge is 0.497 e. The average molecular weight is 304 g/mol. The molecule has 0 saturated heterocycles. The Morgan fingerprint density at radius 2 is 2.05 bits per heavy atom. The molecule has 7 heteroatoms. The predicted octanol–water partition coefficient (Wildman–Crippen LogP) is 0.965. The molecule has 7 nitrogen and oxygen atoms in total. The van der Waals surface area contributed by atoms with Crippen LogP contribution in [0.2, 0.25) is 0 Å². The molecule has 22 heavy (non-hydrogen) atoms. The highest BCUT2D eigenvalue weighted by molar-refractivity contribution is 5.77. The van der Waals surface area contributed by atoms with E-state index in [2.05, 4.69) is 15.5 Å². The number of amides is 1. The molecular formula is C15H20N4O3. The van der Waals surface area contributed by atoms with E-state index >= 15 is 0 Å². The second-order valence-electron chi connectivity index (χ2n) is 5.07. The van der Waals surface area contributed by atoms with E-state index in [1.54, 1.807) is 7.11 Å². The highest BCUT2D eigenvalue weighted by atomic mass is 16.5. The molecule has 2 aromatic rings. The molecule has 0 fully saturated rings. The van der Waals surface area contributed by atoms with Gasteiger partial charge < -0.3 is 19.5 Å². The zero-order valence-electron chi connectivity index (χ0n) is 13.0. The molecule has 0 bridgehead atoms. The molecule has 1 heterocycles. The average Bonchev–Trinajstić information content (AvgIpc) is 2.95. The molecule has 1 amide bonds. The van der Waals surface area contributed by atoms with Crippen LogP contribution in [-0.2, 0) is 11.2 Å². The van der Waals surface area contributed by atoms with E-state index in [0.29, 0.717) is 18.3 Å². The van der Waals surface area contributed by atoms with Crippen molar-refractivity contribution >= 4 is 5.91 Å². The van der Waals surface area contributed by atoms with Gasteiger partial charge in [-0.3, -0.25) is 4.79 Å². The SMILES string of the molecule is COc1ccc(-c2nc(CC(=O)NCCN(C)C)no2)cc1. The van der Waals surface area contributed by atoms with Crippen molar-refractivity contribution < 1.29 is 14.1 Å². The van der Waals surface area contributed by atoms with Gasteiger partial charge >= 0.3 is 0 Å². The Hall–Kier alpha value is -2.41. The number of nitrogens with zero attached hydrogens (tertiary/aromatic N) is 3. The van der Waals surface area contributed by atoms with Crippen LogP contribution >= 0.6 is 0 Å². The Morgan fingerprint density at radius 1 is 1.32 bits per heavy atom. The minimum Gasteiger partial charge on any atom is -0.497 e. The fourth-order valence-electron chi connectivity index (χ4n) is 1.80. The van der Waals surface area contributed by atoms with Gasteiger partial charge in [0.1, 0.15) is 5.75 Å². The smallest absolute Gasteiger partial charge is 0.257 e. The zero-order valence-corrected chi connectivity index (χ0v) is 13.0. The second kappa shape index (κ2) is 7.56. The molecule has 1 aromatic heterocycles. The number of methoxy groups -OCH3 is 1. The van der Waals surface area contributed by atoms with Gasteiger partial charge in [-0.15, -0.1) is 0 Å². The van der Waals surface area contributed by atoms with E-state index in [9.17, 15) is 4.79 Å². The van der Waals surface area contributed by atoms with Crippen LogP contribution in [0.3, 0.4) is 0 Å². The lowest BCUT2D eigenvalue weighted by atomic mass is 10.2. The van der Waals surface area contributed by atoms with Gasteiger partial charge in [0, 0.05) is 18.7 Å². The van der Waals surface area contributed by atoms with Crippen LogP contribution in [0.4, 0.5) is 0 Å². The summed E-state index contributed by atoms with van der Waals surface area (Å²) >= 11 is 0. The van der Waals surface area contributed by atoms with Crippen LogP contribution in [0.1, 0.15) is 5.82 Å². The van der Waals surface area contributed by atoms with Crippen molar-refractivity contribution in [2.24, 2.45) is 0 Å². The third-order valence-electron chi connectivity index (χ3n) is 3.00. The van der Waals surface area contributed by atoms with Gasteiger partial charge in [-0.05, 0) is 38.4 Å². The Morgan fingerprint density at radius 3 is 2.68 bits per heavy atom. The number of hydrogen-bond donors (Lipinski definition) is 1. The van der Waals surface area contributed by atoms with Crippen molar-refractivity contribution in [3.8, 4) is 17.2 Å². The maximum Gasteiger partial charge on any atom is 0.257 e. The van der Waals surface area contributed by atoms with Gasteiger partial charge in [0.2, 0.25) is 5.91 Å². The molecule has 0 atom stereocenters. The Balaban J connectivity index is 1.91. The third kappa shape index (κ3) is 4.56. The number of benzene rings is 1. The van der Waals surface area contributed by atoms with Gasteiger partial charge in [-0.25, -0.2) is 0 Å². The standard InChI is InChI=1S/C15H20N4O3/c1-19(2)9-8-16-14(20)10-13-17-15(22-18-13)11-4-6-12(21-3)7-5-11/h4-7H,8-10H2,1-3H3,(H,16,20). The van der Waals surface area contributed by atoms with Gasteiger partial charge in [-0.1, -0.05) is 5.16 Å². The first-order chi connectivity index (χ1) is 10.6. The summed E-state index contributed by atoms with van der Waals surface area (Å²) in [5, 5.41) is 6.64. The Bertz CT molecular complexity index is 608. The first-order valence-electron chi connectivity index (χ1n) is 6.97. The number of aromatic nitrogens is 2. The summed E-state index contributed by atoms with van der Waals surface area (Å²) in [5.41, 5.74) is 0.785. The monoisotopic (exact) mass is 304 g/mol. The van der Waals surface area contributed by atoms with Crippen molar-refractivity contribution in [2.45, 2.75) is 6.42 Å². The third-order valence-corrected chi connectivity index (χ3v) is 3.00. The summed E-state index contributed by atoms with van der Waals surface area (Å²) in [6.45, 7) is 1.38. The molecule has 0 saturated carbocycles. The number of nitrogens with one attached hydrogen (secondary N) is 1. The van der Waals surface area contributed by atoms with E-state index in [4.69, 9.17) is 9.26 Å². The van der Waals surface area contributed by atoms with Crippen LogP contribution in [0.25, 0.3) is 11.5 Å². The highest BCUT2D eigenvalue weighted by Gasteiger charge is 2.12. The number of rotatable bonds is 7. The quantitative estimate of drug-likeness (QED) is 0.821. The topological polar surface area (TPSA) is 80.5 Å². The Kier molecular flexibility index (Phi) is 5.48. The van der Waals surface area contributed by atoms with E-state index in [0.717, 1.165) is 17.9 Å². The molecule has 2 rings (SSSR count). The van der Waals surface area contributed by atoms with Crippen molar-refractivity contribution in [2.75, 3.05) is 34.3 Å². The lowest BCUT2D eigenvalue weighted by Gasteiger charge is -2.09. The van der Waals surface area contributed by atoms with Crippen LogP contribution in [0.15, 0.2) is 28.8 Å². The zero-order chi connectivity index (χ0) is 15.9. The lowest BCUT2D eigenvalue weighted by Crippen LogP contribution is -2.32. The second-order valence-corrected chi connectivity index (χ2v) is 5.07. The van der Waals surface area contributed by atoms with E-state index in [1.807, 2.05) is 43.3 Å². The van der Waals surface area contributed by atoms with Gasteiger partial charge in [0.15, 0.2) is 5.82 Å². The van der Waals surface area contributed by atoms with E-state index in [-0.39, 0.29) is 12.3 Å². The summed E-state index contributed by atoms with van der Waals surface area (Å²) in [4.78, 5) is 18.0. The predicted molar refractivity (Wildman–Crippen MR) is 81.6 cm³/mol. The number of carbonyl (C=O) groups excluding carboxylic acids is 1. The fraction of sp³-hybridized carbons (Fsp3) is 0.400. The summed E-state index contributed by atoms with van der Waals surface area (Å²) < 4.78 is 10.3. The normalized spacial score (nSPS) is 10.7. The molecule has 0 radical (unpaired) electrons. The Labute approximate surface area is 129 Å². The minimum atomic E-state index is -0.121. The van der Waals surface area contributed by atoms with Crippen molar-refractivity contribution in [1.82, 2.24) is 20.4 Å². The molecule has 0 spiro atoms. The van der Waals surface area contributed by atoms with Gasteiger partial charge in [0.05, 0.1) is 13.5 Å². The molecular weight excluding hydrogens is 284 g/mol. The van der Waals surface area contributed by atoms with Crippen LogP contribution < -0.4 is 10.1 Å². The van der Waals surface area contributed by atoms with E-state index in [1.165, 1.54) is 0 Å². The number of hydrogen-bond acceptors (Lipinski definition) is 6. The molecule has 0 aliphatic rings. The molecule has 1 N–H and O–H groups in total. The molecule has 0 unspecified atom stereocenters. The number of carbonyl (C=O) groups is 1. The first kappa shape index (κ1) is 16.0. The van der Waals surface area contributed by atoms with E-state index < -0.39 is 0 Å².